The van der Waals surface area contributed by atoms with Crippen molar-refractivity contribution >= 4 is 63.5 Å². The third-order valence-electron chi connectivity index (χ3n) is 4.61. The van der Waals surface area contributed by atoms with Crippen LogP contribution in [0.3, 0.4) is 0 Å². The second-order valence-electron chi connectivity index (χ2n) is 6.54. The van der Waals surface area contributed by atoms with Crippen LogP contribution in [0.5, 0.6) is 0 Å². The van der Waals surface area contributed by atoms with Crippen LogP contribution in [0.1, 0.15) is 18.7 Å². The summed E-state index contributed by atoms with van der Waals surface area (Å²) in [7, 11) is 0. The standard InChI is InChI=1S/C18H18N2O6S3/c1-9(21)18(19-13(23)6-12-4-3-5-27-12)16(26)20-14(15(24)25)11(7-28-10(2)22)8-29-17(18)20/h3-5,17H,6-8H2,1-2H3,(H,19,23)(H,24,25)/t17-,18?/m1/s1. The lowest BCUT2D eigenvalue weighted by molar-refractivity contribution is -0.163. The summed E-state index contributed by atoms with van der Waals surface area (Å²) in [4.78, 5) is 62.9. The summed E-state index contributed by atoms with van der Waals surface area (Å²) in [5, 5.41) is 13.0. The van der Waals surface area contributed by atoms with Crippen molar-refractivity contribution in [2.45, 2.75) is 31.2 Å². The van der Waals surface area contributed by atoms with E-state index in [4.69, 9.17) is 0 Å². The first-order valence-corrected chi connectivity index (χ1v) is 11.5. The molecule has 2 aliphatic heterocycles. The second kappa shape index (κ2) is 8.33. The minimum Gasteiger partial charge on any atom is -0.477 e. The maximum atomic E-state index is 13.0. The Labute approximate surface area is 179 Å². The number of thioether (sulfide) groups is 2. The molecule has 2 atom stereocenters. The van der Waals surface area contributed by atoms with Crippen molar-refractivity contribution in [2.24, 2.45) is 0 Å². The summed E-state index contributed by atoms with van der Waals surface area (Å²) < 4.78 is 0. The third kappa shape index (κ3) is 3.86. The van der Waals surface area contributed by atoms with Gasteiger partial charge in [0, 0.05) is 23.3 Å². The van der Waals surface area contributed by atoms with Gasteiger partial charge in [-0.2, -0.15) is 0 Å². The van der Waals surface area contributed by atoms with Crippen LogP contribution < -0.4 is 5.32 Å². The highest BCUT2D eigenvalue weighted by Crippen LogP contribution is 2.47. The van der Waals surface area contributed by atoms with Crippen molar-refractivity contribution in [2.75, 3.05) is 11.5 Å². The van der Waals surface area contributed by atoms with Gasteiger partial charge in [0.05, 0.1) is 6.42 Å². The van der Waals surface area contributed by atoms with Gasteiger partial charge in [-0.3, -0.25) is 24.1 Å². The van der Waals surface area contributed by atoms with Crippen molar-refractivity contribution in [3.05, 3.63) is 33.7 Å². The lowest BCUT2D eigenvalue weighted by Crippen LogP contribution is -2.82. The molecule has 2 N–H and O–H groups in total. The van der Waals surface area contributed by atoms with E-state index in [-0.39, 0.29) is 28.7 Å². The number of carbonyl (C=O) groups excluding carboxylic acids is 4. The Balaban J connectivity index is 1.87. The molecule has 0 aromatic carbocycles. The molecule has 1 saturated heterocycles. The van der Waals surface area contributed by atoms with E-state index in [1.165, 1.54) is 36.9 Å². The largest absolute Gasteiger partial charge is 0.477 e. The van der Waals surface area contributed by atoms with E-state index >= 15 is 0 Å². The fourth-order valence-corrected chi connectivity index (χ4v) is 6.26. The summed E-state index contributed by atoms with van der Waals surface area (Å²) in [5.74, 6) is -2.68. The average molecular weight is 455 g/mol. The van der Waals surface area contributed by atoms with Gasteiger partial charge in [-0.15, -0.1) is 23.1 Å². The first kappa shape index (κ1) is 21.6. The van der Waals surface area contributed by atoms with Crippen molar-refractivity contribution in [3.63, 3.8) is 0 Å². The summed E-state index contributed by atoms with van der Waals surface area (Å²) in [6.07, 6.45) is 0.0273. The van der Waals surface area contributed by atoms with E-state index in [2.05, 4.69) is 5.32 Å². The Morgan fingerprint density at radius 1 is 1.34 bits per heavy atom. The number of hydrogen-bond donors (Lipinski definition) is 2. The molecule has 1 unspecified atom stereocenters. The number of carboxylic acid groups (broad SMARTS) is 1. The summed E-state index contributed by atoms with van der Waals surface area (Å²) >= 11 is 3.55. The van der Waals surface area contributed by atoms with Crippen LogP contribution in [-0.2, 0) is 30.4 Å². The van der Waals surface area contributed by atoms with Crippen LogP contribution in [0.25, 0.3) is 0 Å². The summed E-state index contributed by atoms with van der Waals surface area (Å²) in [6, 6.07) is 3.57. The number of hydrogen-bond acceptors (Lipinski definition) is 8. The zero-order chi connectivity index (χ0) is 21.3. The van der Waals surface area contributed by atoms with Crippen molar-refractivity contribution in [1.82, 2.24) is 10.2 Å². The molecule has 29 heavy (non-hydrogen) atoms. The topological polar surface area (TPSA) is 121 Å². The third-order valence-corrected chi connectivity index (χ3v) is 7.78. The first-order chi connectivity index (χ1) is 13.7. The van der Waals surface area contributed by atoms with Crippen molar-refractivity contribution < 1.29 is 29.1 Å². The van der Waals surface area contributed by atoms with Crippen LogP contribution in [0, 0.1) is 0 Å². The highest BCUT2D eigenvalue weighted by Gasteiger charge is 2.68. The highest BCUT2D eigenvalue weighted by atomic mass is 32.2. The zero-order valence-corrected chi connectivity index (χ0v) is 18.0. The fraction of sp³-hybridized carbons (Fsp3) is 0.389. The summed E-state index contributed by atoms with van der Waals surface area (Å²) in [5.41, 5.74) is -1.55. The molecule has 1 aromatic heterocycles. The van der Waals surface area contributed by atoms with E-state index in [1.54, 1.807) is 12.1 Å². The molecule has 2 aliphatic rings. The molecule has 8 nitrogen and oxygen atoms in total. The number of carboxylic acids is 1. The first-order valence-electron chi connectivity index (χ1n) is 8.56. The number of thiophene rings is 1. The number of β-lactam (4-membered cyclic amide) rings is 1. The molecule has 2 amide bonds. The number of ketones is 1. The highest BCUT2D eigenvalue weighted by molar-refractivity contribution is 8.13. The van der Waals surface area contributed by atoms with Crippen molar-refractivity contribution in [1.29, 1.82) is 0 Å². The van der Waals surface area contributed by atoms with Crippen LogP contribution in [-0.4, -0.2) is 61.1 Å². The molecule has 0 radical (unpaired) electrons. The number of aliphatic carboxylic acids is 1. The number of nitrogens with one attached hydrogen (secondary N) is 1. The summed E-state index contributed by atoms with van der Waals surface area (Å²) in [6.45, 7) is 2.59. The predicted octanol–water partition coefficient (Wildman–Crippen LogP) is 1.27. The Morgan fingerprint density at radius 3 is 2.62 bits per heavy atom. The molecule has 3 rings (SSSR count). The van der Waals surface area contributed by atoms with Crippen LogP contribution >= 0.6 is 34.9 Å². The number of fused-ring (bicyclic) bond motifs is 1. The zero-order valence-electron chi connectivity index (χ0n) is 15.6. The van der Waals surface area contributed by atoms with Gasteiger partial charge in [0.1, 0.15) is 11.1 Å². The number of amides is 2. The molecular formula is C18H18N2O6S3. The SMILES string of the molecule is CC(=O)SCC1=C(C(=O)O)N2C(=O)C(NC(=O)Cc3cccs3)(C(C)=O)[C@H]2SC1. The molecule has 0 aliphatic carbocycles. The van der Waals surface area contributed by atoms with Gasteiger partial charge in [-0.05, 0) is 23.9 Å². The van der Waals surface area contributed by atoms with E-state index in [1.807, 2.05) is 5.38 Å². The molecule has 0 bridgehead atoms. The minimum atomic E-state index is -1.78. The fourth-order valence-electron chi connectivity index (χ4n) is 3.28. The monoisotopic (exact) mass is 454 g/mol. The van der Waals surface area contributed by atoms with Gasteiger partial charge in [0.25, 0.3) is 5.91 Å². The molecule has 154 valence electrons. The number of nitrogens with zero attached hydrogens (tertiary/aromatic N) is 1. The van der Waals surface area contributed by atoms with Gasteiger partial charge in [-0.25, -0.2) is 4.79 Å². The van der Waals surface area contributed by atoms with Crippen molar-refractivity contribution in [3.8, 4) is 0 Å². The van der Waals surface area contributed by atoms with Crippen LogP contribution in [0.15, 0.2) is 28.8 Å². The Morgan fingerprint density at radius 2 is 2.07 bits per heavy atom. The lowest BCUT2D eigenvalue weighted by atomic mass is 9.82. The van der Waals surface area contributed by atoms with Gasteiger partial charge >= 0.3 is 5.97 Å². The van der Waals surface area contributed by atoms with Crippen LogP contribution in [0.2, 0.25) is 0 Å². The van der Waals surface area contributed by atoms with Gasteiger partial charge in [0.2, 0.25) is 11.4 Å². The van der Waals surface area contributed by atoms with Gasteiger partial charge in [-0.1, -0.05) is 17.8 Å². The Hall–Kier alpha value is -2.11. The predicted molar refractivity (Wildman–Crippen MR) is 110 cm³/mol. The molecule has 1 aromatic rings. The Bertz CT molecular complexity index is 926. The lowest BCUT2D eigenvalue weighted by Gasteiger charge is -2.56. The Kier molecular flexibility index (Phi) is 6.20. The van der Waals surface area contributed by atoms with E-state index in [9.17, 15) is 29.1 Å². The van der Waals surface area contributed by atoms with Crippen LogP contribution in [0.4, 0.5) is 0 Å². The molecular weight excluding hydrogens is 436 g/mol. The second-order valence-corrected chi connectivity index (χ2v) is 9.80. The molecule has 0 spiro atoms. The molecule has 0 saturated carbocycles. The van der Waals surface area contributed by atoms with E-state index in [0.29, 0.717) is 5.57 Å². The van der Waals surface area contributed by atoms with E-state index in [0.717, 1.165) is 21.5 Å². The average Bonchev–Trinajstić information content (AvgIpc) is 3.15. The number of Topliss-reactive ketones (excluding diaryl/α,β-unsaturated/α-hetero) is 1. The maximum absolute atomic E-state index is 13.0. The molecule has 1 fully saturated rings. The van der Waals surface area contributed by atoms with Gasteiger partial charge in [0.15, 0.2) is 10.9 Å². The van der Waals surface area contributed by atoms with Gasteiger partial charge < -0.3 is 10.4 Å². The normalized spacial score (nSPS) is 23.3. The smallest absolute Gasteiger partial charge is 0.352 e. The number of carbonyl (C=O) groups is 5. The quantitative estimate of drug-likeness (QED) is 0.467. The molecule has 11 heteroatoms. The molecule has 3 heterocycles. The minimum absolute atomic E-state index is 0.0273. The maximum Gasteiger partial charge on any atom is 0.352 e. The van der Waals surface area contributed by atoms with E-state index < -0.39 is 34.5 Å². The number of rotatable bonds is 7.